The Bertz CT molecular complexity index is 307. The number of hydrogen-bond acceptors (Lipinski definition) is 3. The van der Waals surface area contributed by atoms with Crippen molar-refractivity contribution in [1.29, 1.82) is 0 Å². The zero-order valence-electron chi connectivity index (χ0n) is 15.0. The smallest absolute Gasteiger partial charge is 0.193 e. The van der Waals surface area contributed by atoms with Gasteiger partial charge in [-0.05, 0) is 38.8 Å². The summed E-state index contributed by atoms with van der Waals surface area (Å²) in [6.45, 7) is 12.3. The Labute approximate surface area is 153 Å². The van der Waals surface area contributed by atoms with E-state index in [0.717, 1.165) is 51.3 Å². The Morgan fingerprint density at radius 3 is 2.45 bits per heavy atom. The van der Waals surface area contributed by atoms with E-state index in [-0.39, 0.29) is 24.0 Å². The normalized spacial score (nSPS) is 16.4. The van der Waals surface area contributed by atoms with Crippen molar-refractivity contribution in [3.05, 3.63) is 0 Å². The van der Waals surface area contributed by atoms with Gasteiger partial charge in [-0.2, -0.15) is 0 Å². The van der Waals surface area contributed by atoms with Crippen LogP contribution in [0, 0.1) is 5.92 Å². The molecule has 0 aliphatic heterocycles. The molecule has 0 heterocycles. The molecule has 0 spiro atoms. The van der Waals surface area contributed by atoms with Gasteiger partial charge in [0.2, 0.25) is 0 Å². The van der Waals surface area contributed by atoms with E-state index in [9.17, 15) is 0 Å². The molecule has 6 heteroatoms. The molecule has 5 nitrogen and oxygen atoms in total. The molecule has 1 unspecified atom stereocenters. The summed E-state index contributed by atoms with van der Waals surface area (Å²) in [7, 11) is 3.91. The van der Waals surface area contributed by atoms with Crippen LogP contribution in [0.4, 0.5) is 0 Å². The Kier molecular flexibility index (Phi) is 12.3. The van der Waals surface area contributed by atoms with E-state index >= 15 is 0 Å². The van der Waals surface area contributed by atoms with Crippen LogP contribution in [0.5, 0.6) is 0 Å². The molecular formula is C16H35IN4O. The predicted octanol–water partition coefficient (Wildman–Crippen LogP) is 2.27. The van der Waals surface area contributed by atoms with E-state index in [2.05, 4.69) is 47.9 Å². The minimum Gasteiger partial charge on any atom is -0.379 e. The topological polar surface area (TPSA) is 40.1 Å². The highest BCUT2D eigenvalue weighted by Gasteiger charge is 2.21. The number of ether oxygens (including phenoxy) is 1. The Morgan fingerprint density at radius 1 is 1.32 bits per heavy atom. The number of aliphatic imine (C=N–C) groups is 1. The van der Waals surface area contributed by atoms with Crippen molar-refractivity contribution < 1.29 is 4.74 Å². The van der Waals surface area contributed by atoms with Gasteiger partial charge < -0.3 is 15.0 Å². The number of hydrogen-bond donors (Lipinski definition) is 1. The van der Waals surface area contributed by atoms with Crippen molar-refractivity contribution in [2.24, 2.45) is 10.9 Å². The summed E-state index contributed by atoms with van der Waals surface area (Å²) in [6.07, 6.45) is 2.70. The van der Waals surface area contributed by atoms with Crippen molar-refractivity contribution in [2.75, 3.05) is 53.5 Å². The lowest BCUT2D eigenvalue weighted by Gasteiger charge is -2.29. The first-order valence-electron chi connectivity index (χ1n) is 8.35. The fraction of sp³-hybridized carbons (Fsp3) is 0.938. The summed E-state index contributed by atoms with van der Waals surface area (Å²) in [4.78, 5) is 8.94. The van der Waals surface area contributed by atoms with Gasteiger partial charge in [0.15, 0.2) is 5.96 Å². The van der Waals surface area contributed by atoms with Crippen molar-refractivity contribution in [3.63, 3.8) is 0 Å². The van der Waals surface area contributed by atoms with Gasteiger partial charge in [-0.3, -0.25) is 9.89 Å². The van der Waals surface area contributed by atoms with Crippen LogP contribution in [0.1, 0.15) is 33.6 Å². The Balaban J connectivity index is 0.00000441. The largest absolute Gasteiger partial charge is 0.379 e. The molecule has 0 radical (unpaired) electrons. The molecule has 0 bridgehead atoms. The quantitative estimate of drug-likeness (QED) is 0.252. The SMILES string of the molecule is CCN(CC)C(C)CNC(=NC)N(C)CCOCC1CC1.I. The van der Waals surface area contributed by atoms with Crippen molar-refractivity contribution in [2.45, 2.75) is 39.7 Å². The van der Waals surface area contributed by atoms with E-state index in [1.165, 1.54) is 12.8 Å². The maximum absolute atomic E-state index is 5.69. The lowest BCUT2D eigenvalue weighted by atomic mass is 10.3. The maximum atomic E-state index is 5.69. The number of nitrogens with zero attached hydrogens (tertiary/aromatic N) is 3. The van der Waals surface area contributed by atoms with E-state index < -0.39 is 0 Å². The first-order valence-corrected chi connectivity index (χ1v) is 8.35. The van der Waals surface area contributed by atoms with Crippen LogP contribution in [0.15, 0.2) is 4.99 Å². The third kappa shape index (κ3) is 8.53. The maximum Gasteiger partial charge on any atom is 0.193 e. The number of guanidine groups is 1. The minimum absolute atomic E-state index is 0. The molecular weight excluding hydrogens is 391 g/mol. The van der Waals surface area contributed by atoms with E-state index in [4.69, 9.17) is 4.74 Å². The molecule has 0 amide bonds. The van der Waals surface area contributed by atoms with Crippen LogP contribution in [0.2, 0.25) is 0 Å². The van der Waals surface area contributed by atoms with Crippen LogP contribution in [-0.2, 0) is 4.74 Å². The number of nitrogens with one attached hydrogen (secondary N) is 1. The second kappa shape index (κ2) is 12.4. The molecule has 0 saturated heterocycles. The fourth-order valence-corrected chi connectivity index (χ4v) is 2.44. The van der Waals surface area contributed by atoms with Crippen LogP contribution >= 0.6 is 24.0 Å². The summed E-state index contributed by atoms with van der Waals surface area (Å²) in [5.74, 6) is 1.78. The highest BCUT2D eigenvalue weighted by Crippen LogP contribution is 2.28. The monoisotopic (exact) mass is 426 g/mol. The van der Waals surface area contributed by atoms with Gasteiger partial charge in [0.25, 0.3) is 0 Å². The zero-order valence-corrected chi connectivity index (χ0v) is 17.3. The van der Waals surface area contributed by atoms with Crippen molar-refractivity contribution >= 4 is 29.9 Å². The van der Waals surface area contributed by atoms with Gasteiger partial charge in [-0.1, -0.05) is 13.8 Å². The second-order valence-corrected chi connectivity index (χ2v) is 5.94. The Hall–Kier alpha value is -0.0800. The first kappa shape index (κ1) is 21.9. The number of likely N-dealkylation sites (N-methyl/N-ethyl adjacent to an activating group) is 2. The fourth-order valence-electron chi connectivity index (χ4n) is 2.44. The Morgan fingerprint density at radius 2 is 1.95 bits per heavy atom. The molecule has 0 aromatic rings. The summed E-state index contributed by atoms with van der Waals surface area (Å²) in [5.41, 5.74) is 0. The van der Waals surface area contributed by atoms with Gasteiger partial charge in [0.05, 0.1) is 6.61 Å². The third-order valence-electron chi connectivity index (χ3n) is 4.19. The highest BCUT2D eigenvalue weighted by atomic mass is 127. The second-order valence-electron chi connectivity index (χ2n) is 5.94. The minimum atomic E-state index is 0. The standard InChI is InChI=1S/C16H34N4O.HI/c1-6-20(7-2)14(3)12-18-16(17-4)19(5)10-11-21-13-15-8-9-15;/h14-15H,6-13H2,1-5H3,(H,17,18);1H. The van der Waals surface area contributed by atoms with Crippen LogP contribution < -0.4 is 5.32 Å². The first-order chi connectivity index (χ1) is 10.1. The van der Waals surface area contributed by atoms with E-state index in [0.29, 0.717) is 6.04 Å². The van der Waals surface area contributed by atoms with Crippen LogP contribution in [0.25, 0.3) is 0 Å². The summed E-state index contributed by atoms with van der Waals surface area (Å²) >= 11 is 0. The molecule has 1 aliphatic carbocycles. The molecule has 1 fully saturated rings. The van der Waals surface area contributed by atoms with Gasteiger partial charge in [0, 0.05) is 39.8 Å². The van der Waals surface area contributed by atoms with Gasteiger partial charge in [-0.25, -0.2) is 0 Å². The van der Waals surface area contributed by atoms with Crippen molar-refractivity contribution in [1.82, 2.24) is 15.1 Å². The molecule has 1 aliphatic rings. The zero-order chi connectivity index (χ0) is 15.7. The van der Waals surface area contributed by atoms with Crippen LogP contribution in [-0.4, -0.2) is 75.3 Å². The van der Waals surface area contributed by atoms with E-state index in [1.54, 1.807) is 0 Å². The number of rotatable bonds is 10. The lowest BCUT2D eigenvalue weighted by Crippen LogP contribution is -2.47. The van der Waals surface area contributed by atoms with Gasteiger partial charge >= 0.3 is 0 Å². The summed E-state index contributed by atoms with van der Waals surface area (Å²) in [5, 5.41) is 3.46. The molecule has 132 valence electrons. The average molecular weight is 426 g/mol. The molecule has 22 heavy (non-hydrogen) atoms. The lowest BCUT2D eigenvalue weighted by molar-refractivity contribution is 0.115. The van der Waals surface area contributed by atoms with Crippen LogP contribution in [0.3, 0.4) is 0 Å². The number of halogens is 1. The average Bonchev–Trinajstić information content (AvgIpc) is 3.29. The molecule has 1 saturated carbocycles. The van der Waals surface area contributed by atoms with E-state index in [1.807, 2.05) is 7.05 Å². The van der Waals surface area contributed by atoms with Crippen molar-refractivity contribution in [3.8, 4) is 0 Å². The molecule has 1 N–H and O–H groups in total. The van der Waals surface area contributed by atoms with Gasteiger partial charge in [0.1, 0.15) is 0 Å². The summed E-state index contributed by atoms with van der Waals surface area (Å²) < 4.78 is 5.69. The molecule has 0 aromatic heterocycles. The molecule has 1 atom stereocenters. The van der Waals surface area contributed by atoms with Gasteiger partial charge in [-0.15, -0.1) is 24.0 Å². The predicted molar refractivity (Wildman–Crippen MR) is 105 cm³/mol. The molecule has 1 rings (SSSR count). The molecule has 0 aromatic carbocycles. The summed E-state index contributed by atoms with van der Waals surface area (Å²) in [6, 6.07) is 0.510. The highest BCUT2D eigenvalue weighted by molar-refractivity contribution is 14.0. The third-order valence-corrected chi connectivity index (χ3v) is 4.19.